The van der Waals surface area contributed by atoms with E-state index < -0.39 is 5.97 Å². The van der Waals surface area contributed by atoms with Crippen LogP contribution >= 0.6 is 15.9 Å². The lowest BCUT2D eigenvalue weighted by atomic mass is 10.0. The van der Waals surface area contributed by atoms with E-state index in [2.05, 4.69) is 21.0 Å². The summed E-state index contributed by atoms with van der Waals surface area (Å²) in [5.41, 5.74) is 3.99. The quantitative estimate of drug-likeness (QED) is 0.940. The Morgan fingerprint density at radius 2 is 2.21 bits per heavy atom. The fourth-order valence-corrected chi connectivity index (χ4v) is 2.40. The minimum absolute atomic E-state index is 0.117. The molecule has 0 aliphatic rings. The molecule has 0 saturated heterocycles. The van der Waals surface area contributed by atoms with Gasteiger partial charge in [-0.15, -0.1) is 0 Å². The van der Waals surface area contributed by atoms with Crippen LogP contribution in [0.3, 0.4) is 0 Å². The van der Waals surface area contributed by atoms with Gasteiger partial charge in [-0.2, -0.15) is 5.10 Å². The summed E-state index contributed by atoms with van der Waals surface area (Å²) in [6.07, 6.45) is 2.49. The normalized spacial score (nSPS) is 10.7. The second-order valence-corrected chi connectivity index (χ2v) is 5.45. The van der Waals surface area contributed by atoms with Crippen molar-refractivity contribution >= 4 is 21.9 Å². The molecule has 0 unspecified atom stereocenters. The number of carboxylic acid groups (broad SMARTS) is 1. The zero-order valence-electron chi connectivity index (χ0n) is 10.9. The molecule has 0 aliphatic heterocycles. The molecule has 0 spiro atoms. The van der Waals surface area contributed by atoms with Crippen molar-refractivity contribution in [3.05, 3.63) is 40.0 Å². The number of rotatable bonds is 4. The van der Waals surface area contributed by atoms with E-state index in [1.165, 1.54) is 0 Å². The van der Waals surface area contributed by atoms with E-state index in [0.29, 0.717) is 6.42 Å². The third kappa shape index (κ3) is 3.23. The van der Waals surface area contributed by atoms with Crippen molar-refractivity contribution in [3.63, 3.8) is 0 Å². The second-order valence-electron chi connectivity index (χ2n) is 4.53. The van der Waals surface area contributed by atoms with Gasteiger partial charge in [-0.3, -0.25) is 9.48 Å². The molecular formula is C14H15BrN2O2. The Hall–Kier alpha value is -1.62. The molecule has 1 aromatic carbocycles. The minimum atomic E-state index is -0.791. The van der Waals surface area contributed by atoms with E-state index >= 15 is 0 Å². The Bertz CT molecular complexity index is 620. The number of benzene rings is 1. The van der Waals surface area contributed by atoms with Crippen LogP contribution in [0.15, 0.2) is 28.9 Å². The number of hydrogen-bond acceptors (Lipinski definition) is 2. The average molecular weight is 323 g/mol. The topological polar surface area (TPSA) is 55.1 Å². The SMILES string of the molecule is Cc1ccc(Br)cc1-c1nn(C)cc1CCC(=O)O. The molecule has 1 heterocycles. The van der Waals surface area contributed by atoms with Crippen LogP contribution < -0.4 is 0 Å². The van der Waals surface area contributed by atoms with Gasteiger partial charge in [0.2, 0.25) is 0 Å². The highest BCUT2D eigenvalue weighted by Crippen LogP contribution is 2.28. The zero-order chi connectivity index (χ0) is 14.0. The van der Waals surface area contributed by atoms with Gasteiger partial charge in [0.25, 0.3) is 0 Å². The monoisotopic (exact) mass is 322 g/mol. The first-order valence-corrected chi connectivity index (χ1v) is 6.77. The summed E-state index contributed by atoms with van der Waals surface area (Å²) in [5, 5.41) is 13.3. The van der Waals surface area contributed by atoms with E-state index in [-0.39, 0.29) is 6.42 Å². The summed E-state index contributed by atoms with van der Waals surface area (Å²) in [5.74, 6) is -0.791. The summed E-state index contributed by atoms with van der Waals surface area (Å²) in [6, 6.07) is 6.02. The molecular weight excluding hydrogens is 308 g/mol. The third-order valence-corrected chi connectivity index (χ3v) is 3.46. The van der Waals surface area contributed by atoms with Gasteiger partial charge in [-0.05, 0) is 36.6 Å². The van der Waals surface area contributed by atoms with Crippen molar-refractivity contribution in [1.29, 1.82) is 0 Å². The van der Waals surface area contributed by atoms with E-state index in [4.69, 9.17) is 5.11 Å². The number of aliphatic carboxylic acids is 1. The number of carboxylic acids is 1. The van der Waals surface area contributed by atoms with Gasteiger partial charge in [0.05, 0.1) is 5.69 Å². The molecule has 100 valence electrons. The molecule has 0 saturated carbocycles. The van der Waals surface area contributed by atoms with Crippen LogP contribution in [0.25, 0.3) is 11.3 Å². The molecule has 0 atom stereocenters. The molecule has 0 fully saturated rings. The maximum atomic E-state index is 10.7. The summed E-state index contributed by atoms with van der Waals surface area (Å²) >= 11 is 3.46. The van der Waals surface area contributed by atoms with Gasteiger partial charge in [0.1, 0.15) is 0 Å². The highest BCUT2D eigenvalue weighted by atomic mass is 79.9. The first kappa shape index (κ1) is 13.8. The largest absolute Gasteiger partial charge is 0.481 e. The molecule has 2 rings (SSSR count). The van der Waals surface area contributed by atoms with Gasteiger partial charge < -0.3 is 5.11 Å². The molecule has 19 heavy (non-hydrogen) atoms. The fourth-order valence-electron chi connectivity index (χ4n) is 2.04. The van der Waals surface area contributed by atoms with Crippen molar-refractivity contribution in [1.82, 2.24) is 9.78 Å². The van der Waals surface area contributed by atoms with Crippen LogP contribution in [0.5, 0.6) is 0 Å². The molecule has 1 aromatic heterocycles. The molecule has 2 aromatic rings. The van der Waals surface area contributed by atoms with Gasteiger partial charge >= 0.3 is 5.97 Å². The fraction of sp³-hybridized carbons (Fsp3) is 0.286. The zero-order valence-corrected chi connectivity index (χ0v) is 12.4. The van der Waals surface area contributed by atoms with Crippen LogP contribution in [0, 0.1) is 6.92 Å². The Balaban J connectivity index is 2.43. The first-order valence-electron chi connectivity index (χ1n) is 5.98. The predicted octanol–water partition coefficient (Wildman–Crippen LogP) is 3.18. The first-order chi connectivity index (χ1) is 8.97. The summed E-state index contributed by atoms with van der Waals surface area (Å²) < 4.78 is 2.72. The van der Waals surface area contributed by atoms with Crippen molar-refractivity contribution in [2.24, 2.45) is 7.05 Å². The van der Waals surface area contributed by atoms with Gasteiger partial charge in [0, 0.05) is 29.7 Å². The van der Waals surface area contributed by atoms with E-state index in [1.807, 2.05) is 38.4 Å². The molecule has 0 bridgehead atoms. The molecule has 5 heteroatoms. The molecule has 1 N–H and O–H groups in total. The molecule has 0 radical (unpaired) electrons. The van der Waals surface area contributed by atoms with Crippen LogP contribution in [-0.2, 0) is 18.3 Å². The highest BCUT2D eigenvalue weighted by Gasteiger charge is 2.13. The van der Waals surface area contributed by atoms with Gasteiger partial charge in [0.15, 0.2) is 0 Å². The van der Waals surface area contributed by atoms with E-state index in [1.54, 1.807) is 4.68 Å². The smallest absolute Gasteiger partial charge is 0.303 e. The maximum Gasteiger partial charge on any atom is 0.303 e. The summed E-state index contributed by atoms with van der Waals surface area (Å²) in [4.78, 5) is 10.7. The van der Waals surface area contributed by atoms with Gasteiger partial charge in [-0.25, -0.2) is 0 Å². The Kier molecular flexibility index (Phi) is 4.04. The number of nitrogens with zero attached hydrogens (tertiary/aromatic N) is 2. The van der Waals surface area contributed by atoms with Gasteiger partial charge in [-0.1, -0.05) is 22.0 Å². The van der Waals surface area contributed by atoms with Crippen LogP contribution in [-0.4, -0.2) is 20.9 Å². The van der Waals surface area contributed by atoms with Crippen molar-refractivity contribution in [2.45, 2.75) is 19.8 Å². The lowest BCUT2D eigenvalue weighted by Gasteiger charge is -2.06. The standard InChI is InChI=1S/C14H15BrN2O2/c1-9-3-5-11(15)7-12(9)14-10(4-6-13(18)19)8-17(2)16-14/h3,5,7-8H,4,6H2,1-2H3,(H,18,19). The van der Waals surface area contributed by atoms with E-state index in [0.717, 1.165) is 26.9 Å². The summed E-state index contributed by atoms with van der Waals surface area (Å²) in [7, 11) is 1.85. The number of aryl methyl sites for hydroxylation is 3. The predicted molar refractivity (Wildman–Crippen MR) is 77.0 cm³/mol. The Morgan fingerprint density at radius 3 is 2.89 bits per heavy atom. The third-order valence-electron chi connectivity index (χ3n) is 2.97. The van der Waals surface area contributed by atoms with Crippen LogP contribution in [0.4, 0.5) is 0 Å². The molecule has 0 amide bonds. The number of aromatic nitrogens is 2. The number of carbonyl (C=O) groups is 1. The number of halogens is 1. The summed E-state index contributed by atoms with van der Waals surface area (Å²) in [6.45, 7) is 2.03. The van der Waals surface area contributed by atoms with Crippen LogP contribution in [0.1, 0.15) is 17.5 Å². The minimum Gasteiger partial charge on any atom is -0.481 e. The van der Waals surface area contributed by atoms with Crippen molar-refractivity contribution < 1.29 is 9.90 Å². The second kappa shape index (κ2) is 5.57. The van der Waals surface area contributed by atoms with Crippen molar-refractivity contribution in [3.8, 4) is 11.3 Å². The highest BCUT2D eigenvalue weighted by molar-refractivity contribution is 9.10. The maximum absolute atomic E-state index is 10.7. The van der Waals surface area contributed by atoms with Crippen molar-refractivity contribution in [2.75, 3.05) is 0 Å². The Labute approximate surface area is 120 Å². The molecule has 4 nitrogen and oxygen atoms in total. The average Bonchev–Trinajstić information content (AvgIpc) is 2.71. The lowest BCUT2D eigenvalue weighted by molar-refractivity contribution is -0.136. The Morgan fingerprint density at radius 1 is 1.47 bits per heavy atom. The number of hydrogen-bond donors (Lipinski definition) is 1. The molecule has 0 aliphatic carbocycles. The van der Waals surface area contributed by atoms with E-state index in [9.17, 15) is 4.79 Å². The van der Waals surface area contributed by atoms with Crippen LogP contribution in [0.2, 0.25) is 0 Å². The lowest BCUT2D eigenvalue weighted by Crippen LogP contribution is -1.98.